The summed E-state index contributed by atoms with van der Waals surface area (Å²) >= 11 is 0. The van der Waals surface area contributed by atoms with Crippen LogP contribution in [-0.2, 0) is 4.74 Å². The summed E-state index contributed by atoms with van der Waals surface area (Å²) in [6.45, 7) is 12.8. The van der Waals surface area contributed by atoms with Gasteiger partial charge in [0.2, 0.25) is 0 Å². The molecule has 0 bridgehead atoms. The maximum Gasteiger partial charge on any atom is 0.0588 e. The normalized spacial score (nSPS) is 27.4. The van der Waals surface area contributed by atoms with E-state index in [0.29, 0.717) is 23.4 Å². The third-order valence-corrected chi connectivity index (χ3v) is 3.61. The minimum atomic E-state index is 0.371. The van der Waals surface area contributed by atoms with Crippen LogP contribution in [0.3, 0.4) is 0 Å². The highest BCUT2D eigenvalue weighted by atomic mass is 16.5. The van der Waals surface area contributed by atoms with E-state index in [2.05, 4.69) is 33.0 Å². The number of nitrogens with two attached hydrogens (primary N) is 1. The Kier molecular flexibility index (Phi) is 5.90. The lowest BCUT2D eigenvalue weighted by atomic mass is 9.84. The number of ether oxygens (including phenoxy) is 1. The van der Waals surface area contributed by atoms with E-state index in [4.69, 9.17) is 10.5 Å². The average molecular weight is 242 g/mol. The molecule has 3 unspecified atom stereocenters. The number of nitrogens with one attached hydrogen (secondary N) is 1. The van der Waals surface area contributed by atoms with Gasteiger partial charge >= 0.3 is 0 Å². The zero-order chi connectivity index (χ0) is 12.9. The molecule has 1 aliphatic rings. The summed E-state index contributed by atoms with van der Waals surface area (Å²) in [5.41, 5.74) is 6.21. The van der Waals surface area contributed by atoms with Crippen molar-refractivity contribution in [2.75, 3.05) is 26.2 Å². The Bertz CT molecular complexity index is 213. The Labute approximate surface area is 106 Å². The van der Waals surface area contributed by atoms with Crippen LogP contribution in [0.2, 0.25) is 0 Å². The largest absolute Gasteiger partial charge is 0.378 e. The quantitative estimate of drug-likeness (QED) is 0.749. The molecule has 17 heavy (non-hydrogen) atoms. The van der Waals surface area contributed by atoms with Crippen molar-refractivity contribution in [3.8, 4) is 0 Å². The fourth-order valence-corrected chi connectivity index (χ4v) is 2.62. The van der Waals surface area contributed by atoms with Gasteiger partial charge in [-0.15, -0.1) is 0 Å². The van der Waals surface area contributed by atoms with Crippen LogP contribution in [0.4, 0.5) is 0 Å². The van der Waals surface area contributed by atoms with Crippen molar-refractivity contribution in [3.63, 3.8) is 0 Å². The highest BCUT2D eigenvalue weighted by molar-refractivity contribution is 4.77. The molecular weight excluding hydrogens is 212 g/mol. The molecule has 3 nitrogen and oxygen atoms in total. The summed E-state index contributed by atoms with van der Waals surface area (Å²) in [4.78, 5) is 0. The fourth-order valence-electron chi connectivity index (χ4n) is 2.62. The number of rotatable bonds is 6. The van der Waals surface area contributed by atoms with Gasteiger partial charge in [-0.05, 0) is 50.1 Å². The van der Waals surface area contributed by atoms with Gasteiger partial charge in [-0.25, -0.2) is 0 Å². The molecule has 0 saturated carbocycles. The molecule has 1 rings (SSSR count). The molecule has 1 fully saturated rings. The lowest BCUT2D eigenvalue weighted by Crippen LogP contribution is -2.35. The monoisotopic (exact) mass is 242 g/mol. The van der Waals surface area contributed by atoms with Crippen LogP contribution in [0.25, 0.3) is 0 Å². The zero-order valence-corrected chi connectivity index (χ0v) is 12.0. The molecule has 1 aliphatic heterocycles. The van der Waals surface area contributed by atoms with E-state index in [1.807, 2.05) is 0 Å². The minimum absolute atomic E-state index is 0.371. The van der Waals surface area contributed by atoms with Crippen LogP contribution in [0.1, 0.15) is 40.5 Å². The van der Waals surface area contributed by atoms with E-state index in [9.17, 15) is 0 Å². The van der Waals surface area contributed by atoms with E-state index < -0.39 is 0 Å². The first kappa shape index (κ1) is 14.9. The Morgan fingerprint density at radius 3 is 2.59 bits per heavy atom. The second-order valence-electron chi connectivity index (χ2n) is 6.65. The third-order valence-electron chi connectivity index (χ3n) is 3.61. The van der Waals surface area contributed by atoms with E-state index in [1.54, 1.807) is 0 Å². The van der Waals surface area contributed by atoms with Gasteiger partial charge in [-0.1, -0.05) is 20.8 Å². The van der Waals surface area contributed by atoms with Crippen molar-refractivity contribution in [2.24, 2.45) is 23.0 Å². The smallest absolute Gasteiger partial charge is 0.0588 e. The SMILES string of the molecule is CC1OCCC1CNCC(CN)CC(C)(C)C. The summed E-state index contributed by atoms with van der Waals surface area (Å²) in [7, 11) is 0. The maximum atomic E-state index is 5.84. The molecule has 0 spiro atoms. The van der Waals surface area contributed by atoms with E-state index in [0.717, 1.165) is 26.2 Å². The number of hydrogen-bond donors (Lipinski definition) is 2. The summed E-state index contributed by atoms with van der Waals surface area (Å²) in [6.07, 6.45) is 2.80. The van der Waals surface area contributed by atoms with E-state index in [-0.39, 0.29) is 0 Å². The molecular formula is C14H30N2O. The Hall–Kier alpha value is -0.120. The molecule has 0 radical (unpaired) electrons. The van der Waals surface area contributed by atoms with Gasteiger partial charge in [0.15, 0.2) is 0 Å². The van der Waals surface area contributed by atoms with Crippen LogP contribution in [0.5, 0.6) is 0 Å². The zero-order valence-electron chi connectivity index (χ0n) is 12.0. The molecule has 102 valence electrons. The highest BCUT2D eigenvalue weighted by Crippen LogP contribution is 2.24. The van der Waals surface area contributed by atoms with Gasteiger partial charge in [0, 0.05) is 13.2 Å². The molecule has 3 N–H and O–H groups in total. The van der Waals surface area contributed by atoms with Crippen molar-refractivity contribution >= 4 is 0 Å². The predicted molar refractivity (Wildman–Crippen MR) is 73.0 cm³/mol. The van der Waals surface area contributed by atoms with Crippen molar-refractivity contribution in [2.45, 2.75) is 46.6 Å². The second kappa shape index (κ2) is 6.72. The molecule has 0 aromatic heterocycles. The Balaban J connectivity index is 2.19. The summed E-state index contributed by atoms with van der Waals surface area (Å²) in [5.74, 6) is 1.27. The second-order valence-corrected chi connectivity index (χ2v) is 6.65. The van der Waals surface area contributed by atoms with E-state index >= 15 is 0 Å². The lowest BCUT2D eigenvalue weighted by molar-refractivity contribution is 0.105. The first-order valence-corrected chi connectivity index (χ1v) is 6.95. The van der Waals surface area contributed by atoms with Gasteiger partial charge in [0.25, 0.3) is 0 Å². The van der Waals surface area contributed by atoms with Crippen molar-refractivity contribution in [1.82, 2.24) is 5.32 Å². The predicted octanol–water partition coefficient (Wildman–Crippen LogP) is 2.01. The Morgan fingerprint density at radius 1 is 1.41 bits per heavy atom. The molecule has 0 amide bonds. The maximum absolute atomic E-state index is 5.84. The topological polar surface area (TPSA) is 47.3 Å². The first-order chi connectivity index (χ1) is 7.92. The van der Waals surface area contributed by atoms with Gasteiger partial charge in [-0.2, -0.15) is 0 Å². The van der Waals surface area contributed by atoms with Gasteiger partial charge in [-0.3, -0.25) is 0 Å². The van der Waals surface area contributed by atoms with Gasteiger partial charge in [0.1, 0.15) is 0 Å². The molecule has 0 aliphatic carbocycles. The minimum Gasteiger partial charge on any atom is -0.378 e. The first-order valence-electron chi connectivity index (χ1n) is 6.95. The molecule has 3 atom stereocenters. The summed E-state index contributed by atoms with van der Waals surface area (Å²) in [6, 6.07) is 0. The lowest BCUT2D eigenvalue weighted by Gasteiger charge is -2.26. The highest BCUT2D eigenvalue weighted by Gasteiger charge is 2.24. The van der Waals surface area contributed by atoms with Gasteiger partial charge in [0.05, 0.1) is 6.10 Å². The summed E-state index contributed by atoms with van der Waals surface area (Å²) in [5, 5.41) is 3.57. The molecule has 1 heterocycles. The van der Waals surface area contributed by atoms with Crippen LogP contribution in [0.15, 0.2) is 0 Å². The van der Waals surface area contributed by atoms with Crippen molar-refractivity contribution in [1.29, 1.82) is 0 Å². The van der Waals surface area contributed by atoms with Crippen molar-refractivity contribution in [3.05, 3.63) is 0 Å². The number of hydrogen-bond acceptors (Lipinski definition) is 3. The van der Waals surface area contributed by atoms with E-state index in [1.165, 1.54) is 12.8 Å². The van der Waals surface area contributed by atoms with Crippen LogP contribution in [-0.4, -0.2) is 32.3 Å². The van der Waals surface area contributed by atoms with Crippen LogP contribution < -0.4 is 11.1 Å². The Morgan fingerprint density at radius 2 is 2.12 bits per heavy atom. The molecule has 3 heteroatoms. The molecule has 1 saturated heterocycles. The van der Waals surface area contributed by atoms with Crippen molar-refractivity contribution < 1.29 is 4.74 Å². The summed E-state index contributed by atoms with van der Waals surface area (Å²) < 4.78 is 5.57. The van der Waals surface area contributed by atoms with Crippen LogP contribution in [0, 0.1) is 17.3 Å². The molecule has 0 aromatic carbocycles. The molecule has 0 aromatic rings. The van der Waals surface area contributed by atoms with Crippen LogP contribution >= 0.6 is 0 Å². The average Bonchev–Trinajstić information content (AvgIpc) is 2.61. The third kappa shape index (κ3) is 5.84. The standard InChI is InChI=1S/C14H30N2O/c1-11-13(5-6-17-11)10-16-9-12(8-15)7-14(2,3)4/h11-13,16H,5-10,15H2,1-4H3. The van der Waals surface area contributed by atoms with Gasteiger partial charge < -0.3 is 15.8 Å². The fraction of sp³-hybridized carbons (Fsp3) is 1.00.